The normalized spacial score (nSPS) is 15.1. The molecule has 0 saturated heterocycles. The molecule has 0 rings (SSSR count). The van der Waals surface area contributed by atoms with Crippen LogP contribution in [0.5, 0.6) is 0 Å². The summed E-state index contributed by atoms with van der Waals surface area (Å²) in [5.74, 6) is -20.7. The summed E-state index contributed by atoms with van der Waals surface area (Å²) in [4.78, 5) is 0. The van der Waals surface area contributed by atoms with Crippen LogP contribution in [0.3, 0.4) is 0 Å². The van der Waals surface area contributed by atoms with Gasteiger partial charge in [0.05, 0.1) is 0 Å². The van der Waals surface area contributed by atoms with Crippen molar-refractivity contribution >= 4 is 10.1 Å². The third kappa shape index (κ3) is 3.14. The molecule has 0 aromatic rings. The van der Waals surface area contributed by atoms with E-state index in [-0.39, 0.29) is 29.6 Å². The molecule has 110 valence electrons. The summed E-state index contributed by atoms with van der Waals surface area (Å²) in [7, 11) is -7.38. The van der Waals surface area contributed by atoms with Crippen molar-refractivity contribution in [2.75, 3.05) is 6.67 Å². The summed E-state index contributed by atoms with van der Waals surface area (Å²) in [6.07, 6.45) is 0. The fraction of sp³-hybridized carbons (Fsp3) is 1.00. The molecule has 0 atom stereocenters. The summed E-state index contributed by atoms with van der Waals surface area (Å²) in [5.41, 5.74) is 0. The van der Waals surface area contributed by atoms with Crippen LogP contribution in [0.1, 0.15) is 0 Å². The van der Waals surface area contributed by atoms with E-state index < -0.39 is 39.8 Å². The molecule has 14 heteroatoms. The molecule has 0 fully saturated rings. The molecule has 3 nitrogen and oxygen atoms in total. The van der Waals surface area contributed by atoms with E-state index in [1.165, 1.54) is 0 Å². The Balaban J connectivity index is 0. The molecule has 0 spiro atoms. The smallest absolute Gasteiger partial charge is 0.743 e. The number of halogens is 9. The van der Waals surface area contributed by atoms with E-state index in [0.29, 0.717) is 0 Å². The first kappa shape index (κ1) is 21.6. The van der Waals surface area contributed by atoms with Gasteiger partial charge in [-0.1, -0.05) is 0 Å². The van der Waals surface area contributed by atoms with Crippen molar-refractivity contribution in [2.24, 2.45) is 0 Å². The predicted octanol–water partition coefficient (Wildman–Crippen LogP) is -0.996. The molecule has 0 radical (unpaired) electrons. The SMILES string of the molecule is O=S(=O)([O-])C(F)(F)C(F)(F)C(F)(F)C(F)(F)CF.[Na+]. The number of hydrogen-bond acceptors (Lipinski definition) is 3. The molecular weight excluding hydrogens is 334 g/mol. The van der Waals surface area contributed by atoms with Crippen LogP contribution in [0, 0.1) is 0 Å². The first-order valence-corrected chi connectivity index (χ1v) is 5.00. The molecule has 0 aliphatic rings. The summed E-state index contributed by atoms with van der Waals surface area (Å²) < 4.78 is 139. The Morgan fingerprint density at radius 2 is 1.16 bits per heavy atom. The molecule has 0 amide bonds. The van der Waals surface area contributed by atoms with E-state index in [1.54, 1.807) is 0 Å². The second kappa shape index (κ2) is 5.58. The third-order valence-electron chi connectivity index (χ3n) is 1.70. The molecule has 0 aromatic heterocycles. The van der Waals surface area contributed by atoms with Crippen molar-refractivity contribution in [3.63, 3.8) is 0 Å². The van der Waals surface area contributed by atoms with Gasteiger partial charge in [0, 0.05) is 0 Å². The summed E-state index contributed by atoms with van der Waals surface area (Å²) in [6.45, 7) is -3.47. The Hall–Kier alpha value is 0.280. The van der Waals surface area contributed by atoms with Crippen LogP contribution < -0.4 is 29.6 Å². The molecule has 0 N–H and O–H groups in total. The maximum Gasteiger partial charge on any atom is 1.00 e. The van der Waals surface area contributed by atoms with Crippen LogP contribution in [-0.4, -0.2) is 42.7 Å². The van der Waals surface area contributed by atoms with Crippen LogP contribution in [0.15, 0.2) is 0 Å². The Morgan fingerprint density at radius 3 is 1.37 bits per heavy atom. The van der Waals surface area contributed by atoms with Gasteiger partial charge in [-0.05, 0) is 0 Å². The van der Waals surface area contributed by atoms with Gasteiger partial charge in [0.2, 0.25) is 0 Å². The van der Waals surface area contributed by atoms with E-state index in [9.17, 15) is 52.5 Å². The van der Waals surface area contributed by atoms with Gasteiger partial charge in [-0.25, -0.2) is 12.8 Å². The van der Waals surface area contributed by atoms with Crippen molar-refractivity contribution in [2.45, 2.75) is 23.0 Å². The minimum Gasteiger partial charge on any atom is -0.743 e. The van der Waals surface area contributed by atoms with Crippen LogP contribution >= 0.6 is 0 Å². The zero-order valence-corrected chi connectivity index (χ0v) is 11.6. The fourth-order valence-electron chi connectivity index (χ4n) is 0.653. The van der Waals surface area contributed by atoms with Gasteiger partial charge in [-0.15, -0.1) is 0 Å². The number of hydrogen-bond donors (Lipinski definition) is 0. The van der Waals surface area contributed by atoms with Crippen molar-refractivity contribution in [3.05, 3.63) is 0 Å². The minimum atomic E-state index is -7.38. The van der Waals surface area contributed by atoms with E-state index in [2.05, 4.69) is 0 Å². The summed E-state index contributed by atoms with van der Waals surface area (Å²) >= 11 is 0. The van der Waals surface area contributed by atoms with E-state index >= 15 is 0 Å². The van der Waals surface area contributed by atoms with Gasteiger partial charge in [0.25, 0.3) is 0 Å². The largest absolute Gasteiger partial charge is 1.00 e. The molecule has 0 aliphatic carbocycles. The second-order valence-corrected chi connectivity index (χ2v) is 4.38. The average Bonchev–Trinajstić information content (AvgIpc) is 2.15. The standard InChI is InChI=1S/C5H3F9O3S.Na/c6-1-2(7,8)3(9,10)4(11,12)5(13,14)18(15,16)17;/h1H2,(H,15,16,17);/q;+1/p-1. The van der Waals surface area contributed by atoms with Gasteiger partial charge in [0.15, 0.2) is 16.8 Å². The molecule has 19 heavy (non-hydrogen) atoms. The van der Waals surface area contributed by atoms with Crippen molar-refractivity contribution in [1.82, 2.24) is 0 Å². The molecule has 0 aliphatic heterocycles. The van der Waals surface area contributed by atoms with Crippen molar-refractivity contribution in [1.29, 1.82) is 0 Å². The molecule has 0 heterocycles. The van der Waals surface area contributed by atoms with Crippen LogP contribution in [0.25, 0.3) is 0 Å². The van der Waals surface area contributed by atoms with Crippen molar-refractivity contribution in [3.8, 4) is 0 Å². The minimum absolute atomic E-state index is 0. The Morgan fingerprint density at radius 1 is 0.842 bits per heavy atom. The van der Waals surface area contributed by atoms with Crippen LogP contribution in [0.4, 0.5) is 39.5 Å². The fourth-order valence-corrected chi connectivity index (χ4v) is 1.10. The first-order chi connectivity index (χ1) is 7.56. The van der Waals surface area contributed by atoms with Gasteiger partial charge in [-0.3, -0.25) is 0 Å². The van der Waals surface area contributed by atoms with E-state index in [4.69, 9.17) is 0 Å². The maximum atomic E-state index is 12.4. The van der Waals surface area contributed by atoms with E-state index in [1.807, 2.05) is 0 Å². The molecule has 0 aromatic carbocycles. The number of rotatable bonds is 5. The zero-order valence-electron chi connectivity index (χ0n) is 8.74. The Kier molecular flexibility index (Phi) is 6.34. The molecule has 0 bridgehead atoms. The molecule has 0 saturated carbocycles. The second-order valence-electron chi connectivity index (χ2n) is 2.96. The quantitative estimate of drug-likeness (QED) is 0.368. The zero-order chi connectivity index (χ0) is 15.2. The van der Waals surface area contributed by atoms with Gasteiger partial charge in [-0.2, -0.15) is 35.1 Å². The van der Waals surface area contributed by atoms with Gasteiger partial charge < -0.3 is 4.55 Å². The van der Waals surface area contributed by atoms with E-state index in [0.717, 1.165) is 0 Å². The summed E-state index contributed by atoms with van der Waals surface area (Å²) in [5, 5.41) is -7.04. The van der Waals surface area contributed by atoms with Crippen molar-refractivity contribution < 1.29 is 82.0 Å². The van der Waals surface area contributed by atoms with Crippen LogP contribution in [-0.2, 0) is 10.1 Å². The summed E-state index contributed by atoms with van der Waals surface area (Å²) in [6, 6.07) is 0. The number of alkyl halides is 9. The van der Waals surface area contributed by atoms with Gasteiger partial charge in [0.1, 0.15) is 0 Å². The Bertz CT molecular complexity index is 420. The topological polar surface area (TPSA) is 57.2 Å². The third-order valence-corrected chi connectivity index (χ3v) is 2.59. The first-order valence-electron chi connectivity index (χ1n) is 3.59. The average molecular weight is 336 g/mol. The van der Waals surface area contributed by atoms with Gasteiger partial charge >= 0.3 is 52.6 Å². The molecular formula is C5H2F9NaO3S. The monoisotopic (exact) mass is 336 g/mol. The maximum absolute atomic E-state index is 12.4. The molecule has 0 unspecified atom stereocenters. The van der Waals surface area contributed by atoms with Crippen LogP contribution in [0.2, 0.25) is 0 Å². The predicted molar refractivity (Wildman–Crippen MR) is 35.5 cm³/mol. The Labute approximate surface area is 122 Å².